The first-order valence-electron chi connectivity index (χ1n) is 8.40. The fourth-order valence-electron chi connectivity index (χ4n) is 3.01. The van der Waals surface area contributed by atoms with Crippen molar-refractivity contribution in [1.29, 1.82) is 0 Å². The van der Waals surface area contributed by atoms with E-state index in [0.29, 0.717) is 17.2 Å². The SMILES string of the molecule is CCC1CCCCN1C(=O)C(C)Sc1nnc(-c2cccnc2)o1. The number of thioether (sulfide) groups is 1. The van der Waals surface area contributed by atoms with Gasteiger partial charge in [-0.3, -0.25) is 9.78 Å². The van der Waals surface area contributed by atoms with E-state index in [0.717, 1.165) is 31.4 Å². The van der Waals surface area contributed by atoms with Crippen LogP contribution in [0.1, 0.15) is 39.5 Å². The van der Waals surface area contributed by atoms with E-state index in [1.807, 2.05) is 24.0 Å². The number of carbonyl (C=O) groups excluding carboxylic acids is 1. The first-order chi connectivity index (χ1) is 11.7. The number of hydrogen-bond acceptors (Lipinski definition) is 6. The fraction of sp³-hybridized carbons (Fsp3) is 0.529. The second-order valence-corrected chi connectivity index (χ2v) is 7.26. The van der Waals surface area contributed by atoms with Gasteiger partial charge in [-0.25, -0.2) is 0 Å². The predicted molar refractivity (Wildman–Crippen MR) is 92.5 cm³/mol. The third kappa shape index (κ3) is 3.77. The minimum absolute atomic E-state index is 0.160. The fourth-order valence-corrected chi connectivity index (χ4v) is 3.77. The van der Waals surface area contributed by atoms with E-state index in [2.05, 4.69) is 22.1 Å². The lowest BCUT2D eigenvalue weighted by Gasteiger charge is -2.36. The van der Waals surface area contributed by atoms with Gasteiger partial charge in [0.1, 0.15) is 0 Å². The molecule has 3 rings (SSSR count). The topological polar surface area (TPSA) is 72.1 Å². The number of likely N-dealkylation sites (tertiary alicyclic amines) is 1. The van der Waals surface area contributed by atoms with Crippen molar-refractivity contribution in [2.45, 2.75) is 56.0 Å². The molecule has 0 spiro atoms. The Bertz CT molecular complexity index is 676. The largest absolute Gasteiger partial charge is 0.411 e. The Kier molecular flexibility index (Phi) is 5.50. The number of piperidine rings is 1. The van der Waals surface area contributed by atoms with Gasteiger partial charge >= 0.3 is 0 Å². The number of carbonyl (C=O) groups is 1. The maximum absolute atomic E-state index is 12.8. The summed E-state index contributed by atoms with van der Waals surface area (Å²) in [4.78, 5) is 18.8. The predicted octanol–water partition coefficient (Wildman–Crippen LogP) is 3.40. The highest BCUT2D eigenvalue weighted by atomic mass is 32.2. The van der Waals surface area contributed by atoms with E-state index in [1.54, 1.807) is 12.4 Å². The molecule has 2 aromatic heterocycles. The summed E-state index contributed by atoms with van der Waals surface area (Å²) in [6, 6.07) is 4.05. The van der Waals surface area contributed by atoms with Gasteiger partial charge in [0.25, 0.3) is 5.22 Å². The quantitative estimate of drug-likeness (QED) is 0.773. The minimum Gasteiger partial charge on any atom is -0.411 e. The molecular formula is C17H22N4O2S. The summed E-state index contributed by atoms with van der Waals surface area (Å²) in [5, 5.41) is 8.27. The Balaban J connectivity index is 1.65. The molecular weight excluding hydrogens is 324 g/mol. The van der Waals surface area contributed by atoms with Crippen molar-refractivity contribution in [2.24, 2.45) is 0 Å². The van der Waals surface area contributed by atoms with Crippen LogP contribution in [-0.2, 0) is 4.79 Å². The third-order valence-corrected chi connectivity index (χ3v) is 5.24. The van der Waals surface area contributed by atoms with Crippen molar-refractivity contribution in [3.8, 4) is 11.5 Å². The van der Waals surface area contributed by atoms with Crippen LogP contribution >= 0.6 is 11.8 Å². The van der Waals surface area contributed by atoms with Crippen molar-refractivity contribution < 1.29 is 9.21 Å². The summed E-state index contributed by atoms with van der Waals surface area (Å²) in [5.41, 5.74) is 0.776. The summed E-state index contributed by atoms with van der Waals surface area (Å²) in [7, 11) is 0. The molecule has 6 nitrogen and oxygen atoms in total. The Hall–Kier alpha value is -1.89. The monoisotopic (exact) mass is 346 g/mol. The van der Waals surface area contributed by atoms with Crippen LogP contribution < -0.4 is 0 Å². The standard InChI is InChI=1S/C17H22N4O2S/c1-3-14-8-4-5-10-21(14)16(22)12(2)24-17-20-19-15(23-17)13-7-6-9-18-11-13/h6-7,9,11-12,14H,3-5,8,10H2,1-2H3. The zero-order valence-electron chi connectivity index (χ0n) is 14.0. The Morgan fingerprint density at radius 2 is 2.33 bits per heavy atom. The molecule has 3 heterocycles. The molecule has 1 amide bonds. The molecule has 2 unspecified atom stereocenters. The molecule has 1 aliphatic rings. The molecule has 0 radical (unpaired) electrons. The molecule has 0 saturated carbocycles. The highest BCUT2D eigenvalue weighted by Crippen LogP contribution is 2.29. The molecule has 2 aromatic rings. The number of pyridine rings is 1. The van der Waals surface area contributed by atoms with Gasteiger partial charge in [0.15, 0.2) is 0 Å². The summed E-state index contributed by atoms with van der Waals surface area (Å²) >= 11 is 1.32. The molecule has 7 heteroatoms. The Morgan fingerprint density at radius 3 is 3.08 bits per heavy atom. The molecule has 2 atom stereocenters. The summed E-state index contributed by atoms with van der Waals surface area (Å²) in [5.74, 6) is 0.585. The van der Waals surface area contributed by atoms with E-state index in [4.69, 9.17) is 4.42 Å². The number of nitrogens with zero attached hydrogens (tertiary/aromatic N) is 4. The van der Waals surface area contributed by atoms with Crippen molar-refractivity contribution in [3.05, 3.63) is 24.5 Å². The van der Waals surface area contributed by atoms with E-state index in [-0.39, 0.29) is 11.2 Å². The Morgan fingerprint density at radius 1 is 1.46 bits per heavy atom. The van der Waals surface area contributed by atoms with Crippen molar-refractivity contribution in [3.63, 3.8) is 0 Å². The van der Waals surface area contributed by atoms with Crippen molar-refractivity contribution >= 4 is 17.7 Å². The van der Waals surface area contributed by atoms with Gasteiger partial charge in [-0.2, -0.15) is 0 Å². The van der Waals surface area contributed by atoms with Gasteiger partial charge in [0, 0.05) is 25.0 Å². The van der Waals surface area contributed by atoms with E-state index in [1.165, 1.54) is 18.2 Å². The van der Waals surface area contributed by atoms with Gasteiger partial charge < -0.3 is 9.32 Å². The van der Waals surface area contributed by atoms with E-state index >= 15 is 0 Å². The average Bonchev–Trinajstić information content (AvgIpc) is 3.10. The van der Waals surface area contributed by atoms with Gasteiger partial charge in [-0.15, -0.1) is 10.2 Å². The van der Waals surface area contributed by atoms with Crippen LogP contribution in [0.4, 0.5) is 0 Å². The molecule has 0 N–H and O–H groups in total. The van der Waals surface area contributed by atoms with Crippen LogP contribution in [0, 0.1) is 0 Å². The molecule has 0 bridgehead atoms. The normalized spacial score (nSPS) is 19.2. The highest BCUT2D eigenvalue weighted by molar-refractivity contribution is 8.00. The highest BCUT2D eigenvalue weighted by Gasteiger charge is 2.30. The second-order valence-electron chi connectivity index (χ2n) is 5.96. The van der Waals surface area contributed by atoms with E-state index < -0.39 is 0 Å². The zero-order valence-corrected chi connectivity index (χ0v) is 14.8. The van der Waals surface area contributed by atoms with Crippen LogP contribution in [-0.4, -0.2) is 43.8 Å². The maximum Gasteiger partial charge on any atom is 0.277 e. The van der Waals surface area contributed by atoms with Gasteiger partial charge in [0.05, 0.1) is 10.8 Å². The maximum atomic E-state index is 12.8. The van der Waals surface area contributed by atoms with Crippen LogP contribution in [0.3, 0.4) is 0 Å². The molecule has 1 aliphatic heterocycles. The number of aromatic nitrogens is 3. The van der Waals surface area contributed by atoms with Crippen LogP contribution in [0.2, 0.25) is 0 Å². The van der Waals surface area contributed by atoms with Gasteiger partial charge in [0.2, 0.25) is 11.8 Å². The molecule has 0 aromatic carbocycles. The van der Waals surface area contributed by atoms with Crippen molar-refractivity contribution in [2.75, 3.05) is 6.54 Å². The lowest BCUT2D eigenvalue weighted by Crippen LogP contribution is -2.46. The first-order valence-corrected chi connectivity index (χ1v) is 9.28. The third-order valence-electron chi connectivity index (χ3n) is 4.32. The first kappa shape index (κ1) is 17.0. The number of rotatable bonds is 5. The molecule has 1 saturated heterocycles. The minimum atomic E-state index is -0.237. The van der Waals surface area contributed by atoms with Crippen LogP contribution in [0.5, 0.6) is 0 Å². The second kappa shape index (κ2) is 7.79. The lowest BCUT2D eigenvalue weighted by molar-refractivity contribution is -0.134. The molecule has 128 valence electrons. The Labute approximate surface area is 146 Å². The molecule has 24 heavy (non-hydrogen) atoms. The molecule has 0 aliphatic carbocycles. The summed E-state index contributed by atoms with van der Waals surface area (Å²) in [6.45, 7) is 4.90. The number of hydrogen-bond donors (Lipinski definition) is 0. The average molecular weight is 346 g/mol. The van der Waals surface area contributed by atoms with Gasteiger partial charge in [-0.1, -0.05) is 18.7 Å². The molecule has 1 fully saturated rings. The summed E-state index contributed by atoms with van der Waals surface area (Å²) < 4.78 is 5.66. The van der Waals surface area contributed by atoms with Crippen molar-refractivity contribution in [1.82, 2.24) is 20.1 Å². The van der Waals surface area contributed by atoms with Crippen LogP contribution in [0.15, 0.2) is 34.2 Å². The zero-order chi connectivity index (χ0) is 16.9. The summed E-state index contributed by atoms with van der Waals surface area (Å²) in [6.07, 6.45) is 7.78. The van der Waals surface area contributed by atoms with E-state index in [9.17, 15) is 4.79 Å². The lowest BCUT2D eigenvalue weighted by atomic mass is 10.00. The smallest absolute Gasteiger partial charge is 0.277 e. The van der Waals surface area contributed by atoms with Crippen LogP contribution in [0.25, 0.3) is 11.5 Å². The van der Waals surface area contributed by atoms with Gasteiger partial charge in [-0.05, 0) is 44.7 Å². The number of amides is 1.